The first-order valence-corrected chi connectivity index (χ1v) is 4.98. The lowest BCUT2D eigenvalue weighted by molar-refractivity contribution is -0.677. The molecule has 0 N–H and O–H groups in total. The zero-order chi connectivity index (χ0) is 9.97. The van der Waals surface area contributed by atoms with Crippen molar-refractivity contribution in [1.29, 1.82) is 0 Å². The predicted octanol–water partition coefficient (Wildman–Crippen LogP) is 0.0364. The van der Waals surface area contributed by atoms with E-state index < -0.39 is 0 Å². The van der Waals surface area contributed by atoms with Crippen LogP contribution in [0.5, 0.6) is 0 Å². The van der Waals surface area contributed by atoms with Crippen LogP contribution in [0.15, 0.2) is 12.4 Å². The summed E-state index contributed by atoms with van der Waals surface area (Å²) in [5.41, 5.74) is 0. The Morgan fingerprint density at radius 3 is 3.07 bits per heavy atom. The summed E-state index contributed by atoms with van der Waals surface area (Å²) >= 11 is 0. The minimum atomic E-state index is 0.372. The summed E-state index contributed by atoms with van der Waals surface area (Å²) in [6.07, 6.45) is 4.50. The van der Waals surface area contributed by atoms with Crippen molar-refractivity contribution in [3.05, 3.63) is 18.2 Å². The summed E-state index contributed by atoms with van der Waals surface area (Å²) in [6.45, 7) is 5.39. The molecule has 78 valence electrons. The van der Waals surface area contributed by atoms with E-state index in [0.717, 1.165) is 26.4 Å². The fraction of sp³-hybridized carbons (Fsp3) is 0.700. The lowest BCUT2D eigenvalue weighted by atomic mass is 10.5. The second-order valence-corrected chi connectivity index (χ2v) is 3.68. The van der Waals surface area contributed by atoms with Gasteiger partial charge in [-0.2, -0.15) is 0 Å². The van der Waals surface area contributed by atoms with E-state index in [-0.39, 0.29) is 0 Å². The second-order valence-electron chi connectivity index (χ2n) is 3.68. The molecule has 0 aromatic carbocycles. The summed E-state index contributed by atoms with van der Waals surface area (Å²) in [5, 5.41) is 0. The Bertz CT molecular complexity index is 305. The lowest BCUT2D eigenvalue weighted by Gasteiger charge is -2.00. The normalized spacial score (nSPS) is 20.0. The summed E-state index contributed by atoms with van der Waals surface area (Å²) < 4.78 is 14.8. The number of rotatable bonds is 5. The number of ether oxygens (including phenoxy) is 2. The minimum absolute atomic E-state index is 0.372. The summed E-state index contributed by atoms with van der Waals surface area (Å²) in [4.78, 5) is 0. The van der Waals surface area contributed by atoms with Gasteiger partial charge in [0.1, 0.15) is 25.0 Å². The molecule has 4 heteroatoms. The van der Waals surface area contributed by atoms with Crippen LogP contribution in [0.1, 0.15) is 5.82 Å². The third-order valence-corrected chi connectivity index (χ3v) is 2.58. The Hall–Kier alpha value is -0.870. The summed E-state index contributed by atoms with van der Waals surface area (Å²) in [7, 11) is 2.05. The van der Waals surface area contributed by atoms with Crippen molar-refractivity contribution in [1.82, 2.24) is 4.57 Å². The number of nitrogens with zero attached hydrogens (tertiary/aromatic N) is 2. The van der Waals surface area contributed by atoms with Gasteiger partial charge in [0, 0.05) is 6.92 Å². The van der Waals surface area contributed by atoms with Crippen molar-refractivity contribution in [2.45, 2.75) is 19.6 Å². The van der Waals surface area contributed by atoms with Gasteiger partial charge in [0.2, 0.25) is 0 Å². The SMILES string of the molecule is Cc1n(CCOCC2CO2)cc[n+]1C. The molecule has 14 heavy (non-hydrogen) atoms. The van der Waals surface area contributed by atoms with Crippen LogP contribution in [0.2, 0.25) is 0 Å². The van der Waals surface area contributed by atoms with E-state index in [2.05, 4.69) is 28.5 Å². The van der Waals surface area contributed by atoms with Gasteiger partial charge >= 0.3 is 0 Å². The first kappa shape index (κ1) is 9.68. The molecule has 0 aliphatic carbocycles. The molecule has 2 heterocycles. The molecule has 1 atom stereocenters. The first-order valence-electron chi connectivity index (χ1n) is 4.98. The first-order chi connectivity index (χ1) is 6.77. The molecule has 1 aliphatic rings. The second kappa shape index (κ2) is 4.11. The molecular formula is C10H17N2O2+. The fourth-order valence-electron chi connectivity index (χ4n) is 1.38. The largest absolute Gasteiger partial charge is 0.375 e. The van der Waals surface area contributed by atoms with Crippen LogP contribution < -0.4 is 4.57 Å². The molecule has 0 amide bonds. The third kappa shape index (κ3) is 2.33. The van der Waals surface area contributed by atoms with Crippen molar-refractivity contribution in [2.75, 3.05) is 19.8 Å². The Morgan fingerprint density at radius 1 is 1.71 bits per heavy atom. The van der Waals surface area contributed by atoms with Crippen LogP contribution in [0.3, 0.4) is 0 Å². The monoisotopic (exact) mass is 197 g/mol. The highest BCUT2D eigenvalue weighted by atomic mass is 16.6. The number of aryl methyl sites for hydroxylation is 1. The van der Waals surface area contributed by atoms with E-state index in [9.17, 15) is 0 Å². The van der Waals surface area contributed by atoms with Gasteiger partial charge in [0.15, 0.2) is 0 Å². The highest BCUT2D eigenvalue weighted by Gasteiger charge is 2.22. The molecule has 0 radical (unpaired) electrons. The number of hydrogen-bond donors (Lipinski definition) is 0. The summed E-state index contributed by atoms with van der Waals surface area (Å²) in [5.74, 6) is 1.25. The van der Waals surface area contributed by atoms with Crippen LogP contribution in [-0.2, 0) is 23.1 Å². The molecule has 0 spiro atoms. The standard InChI is InChI=1S/C10H17N2O2/c1-9-11(2)3-4-12(9)5-6-13-7-10-8-14-10/h3-4,10H,5-8H2,1-2H3/q+1. The van der Waals surface area contributed by atoms with Gasteiger partial charge in [-0.25, -0.2) is 9.13 Å². The minimum Gasteiger partial charge on any atom is -0.375 e. The maximum Gasteiger partial charge on any atom is 0.253 e. The van der Waals surface area contributed by atoms with Crippen LogP contribution in [0.25, 0.3) is 0 Å². The van der Waals surface area contributed by atoms with Crippen molar-refractivity contribution in [3.63, 3.8) is 0 Å². The van der Waals surface area contributed by atoms with Crippen LogP contribution in [0, 0.1) is 6.92 Å². The highest BCUT2D eigenvalue weighted by molar-refractivity contribution is 4.79. The lowest BCUT2D eigenvalue weighted by Crippen LogP contribution is -2.30. The molecular weight excluding hydrogens is 180 g/mol. The predicted molar refractivity (Wildman–Crippen MR) is 50.9 cm³/mol. The van der Waals surface area contributed by atoms with E-state index in [1.54, 1.807) is 0 Å². The van der Waals surface area contributed by atoms with Crippen LogP contribution in [0.4, 0.5) is 0 Å². The zero-order valence-corrected chi connectivity index (χ0v) is 8.77. The van der Waals surface area contributed by atoms with Gasteiger partial charge in [0.25, 0.3) is 5.82 Å². The van der Waals surface area contributed by atoms with Gasteiger partial charge < -0.3 is 9.47 Å². The number of hydrogen-bond acceptors (Lipinski definition) is 2. The third-order valence-electron chi connectivity index (χ3n) is 2.58. The molecule has 1 aromatic rings. The average Bonchev–Trinajstić information content (AvgIpc) is 2.94. The molecule has 0 bridgehead atoms. The van der Waals surface area contributed by atoms with Gasteiger partial charge in [-0.15, -0.1) is 0 Å². The van der Waals surface area contributed by atoms with Gasteiger partial charge in [-0.3, -0.25) is 0 Å². The van der Waals surface area contributed by atoms with E-state index in [4.69, 9.17) is 9.47 Å². The number of epoxide rings is 1. The molecule has 1 saturated heterocycles. The maximum atomic E-state index is 5.47. The topological polar surface area (TPSA) is 30.6 Å². The fourth-order valence-corrected chi connectivity index (χ4v) is 1.38. The molecule has 4 nitrogen and oxygen atoms in total. The molecule has 2 rings (SSSR count). The van der Waals surface area contributed by atoms with E-state index in [0.29, 0.717) is 6.10 Å². The zero-order valence-electron chi connectivity index (χ0n) is 8.77. The van der Waals surface area contributed by atoms with Crippen LogP contribution >= 0.6 is 0 Å². The molecule has 1 unspecified atom stereocenters. The number of imidazole rings is 1. The summed E-state index contributed by atoms with van der Waals surface area (Å²) in [6, 6.07) is 0. The van der Waals surface area contributed by atoms with E-state index in [1.807, 2.05) is 7.05 Å². The Kier molecular flexibility index (Phi) is 2.84. The van der Waals surface area contributed by atoms with Crippen LogP contribution in [-0.4, -0.2) is 30.5 Å². The van der Waals surface area contributed by atoms with Crippen molar-refractivity contribution in [3.8, 4) is 0 Å². The Balaban J connectivity index is 1.71. The number of aromatic nitrogens is 2. The van der Waals surface area contributed by atoms with E-state index >= 15 is 0 Å². The van der Waals surface area contributed by atoms with Gasteiger partial charge in [0.05, 0.1) is 26.9 Å². The molecule has 1 aromatic heterocycles. The highest BCUT2D eigenvalue weighted by Crippen LogP contribution is 2.08. The van der Waals surface area contributed by atoms with Crippen molar-refractivity contribution in [2.24, 2.45) is 7.05 Å². The average molecular weight is 197 g/mol. The van der Waals surface area contributed by atoms with Gasteiger partial charge in [-0.05, 0) is 0 Å². The molecule has 1 aliphatic heterocycles. The van der Waals surface area contributed by atoms with Gasteiger partial charge in [-0.1, -0.05) is 0 Å². The quantitative estimate of drug-likeness (QED) is 0.379. The smallest absolute Gasteiger partial charge is 0.253 e. The Morgan fingerprint density at radius 2 is 2.50 bits per heavy atom. The van der Waals surface area contributed by atoms with Crippen molar-refractivity contribution >= 4 is 0 Å². The van der Waals surface area contributed by atoms with E-state index in [1.165, 1.54) is 5.82 Å². The molecule has 1 fully saturated rings. The maximum absolute atomic E-state index is 5.47. The van der Waals surface area contributed by atoms with Crippen molar-refractivity contribution < 1.29 is 14.0 Å². The Labute approximate surface area is 84.1 Å². The molecule has 0 saturated carbocycles.